The first-order valence-corrected chi connectivity index (χ1v) is 7.71. The number of hydrogen-bond acceptors (Lipinski definition) is 3. The average Bonchev–Trinajstić information content (AvgIpc) is 2.53. The molecular weight excluding hydrogens is 314 g/mol. The Hall–Kier alpha value is -2.40. The number of pyridine rings is 1. The Bertz CT molecular complexity index is 776. The summed E-state index contributed by atoms with van der Waals surface area (Å²) in [6.07, 6.45) is 4.09. The highest BCUT2D eigenvalue weighted by Crippen LogP contribution is 2.26. The number of benzene rings is 1. The lowest BCUT2D eigenvalue weighted by Gasteiger charge is -2.28. The van der Waals surface area contributed by atoms with Crippen LogP contribution >= 0.6 is 11.6 Å². The quantitative estimate of drug-likeness (QED) is 0.941. The number of aromatic nitrogens is 1. The van der Waals surface area contributed by atoms with E-state index in [9.17, 15) is 9.59 Å². The number of anilines is 1. The van der Waals surface area contributed by atoms with Crippen LogP contribution in [0.15, 0.2) is 36.7 Å². The maximum Gasteiger partial charge on any atom is 0.258 e. The van der Waals surface area contributed by atoms with Gasteiger partial charge in [0.1, 0.15) is 0 Å². The summed E-state index contributed by atoms with van der Waals surface area (Å²) in [6.45, 7) is 2.44. The lowest BCUT2D eigenvalue weighted by molar-refractivity contribution is -0.119. The van der Waals surface area contributed by atoms with Gasteiger partial charge in [-0.3, -0.25) is 14.6 Å². The molecule has 118 valence electrons. The van der Waals surface area contributed by atoms with Crippen molar-refractivity contribution in [2.75, 3.05) is 11.4 Å². The van der Waals surface area contributed by atoms with E-state index in [2.05, 4.69) is 10.3 Å². The molecule has 0 fully saturated rings. The Morgan fingerprint density at radius 2 is 2.17 bits per heavy atom. The van der Waals surface area contributed by atoms with Crippen molar-refractivity contribution in [2.24, 2.45) is 0 Å². The third-order valence-corrected chi connectivity index (χ3v) is 4.02. The van der Waals surface area contributed by atoms with Crippen LogP contribution in [0.4, 0.5) is 5.69 Å². The lowest BCUT2D eigenvalue weighted by Crippen LogP contribution is -2.37. The fraction of sp³-hybridized carbons (Fsp3) is 0.235. The van der Waals surface area contributed by atoms with Gasteiger partial charge in [0.2, 0.25) is 5.91 Å². The van der Waals surface area contributed by atoms with Crippen LogP contribution in [0.5, 0.6) is 0 Å². The van der Waals surface area contributed by atoms with Gasteiger partial charge in [0, 0.05) is 36.8 Å². The van der Waals surface area contributed by atoms with Gasteiger partial charge in [-0.25, -0.2) is 0 Å². The SMILES string of the molecule is CC(=O)NCc1cncc(N2CCc3cc(Cl)ccc3C2=O)c1. The van der Waals surface area contributed by atoms with Crippen molar-refractivity contribution in [3.8, 4) is 0 Å². The topological polar surface area (TPSA) is 62.3 Å². The van der Waals surface area contributed by atoms with Crippen molar-refractivity contribution in [1.82, 2.24) is 10.3 Å². The zero-order chi connectivity index (χ0) is 16.4. The first-order valence-electron chi connectivity index (χ1n) is 7.33. The second-order valence-corrected chi connectivity index (χ2v) is 5.91. The molecule has 0 spiro atoms. The minimum atomic E-state index is -0.102. The fourth-order valence-electron chi connectivity index (χ4n) is 2.65. The number of carbonyl (C=O) groups is 2. The summed E-state index contributed by atoms with van der Waals surface area (Å²) >= 11 is 5.99. The third kappa shape index (κ3) is 3.35. The molecule has 2 amide bonds. The van der Waals surface area contributed by atoms with Crippen molar-refractivity contribution in [3.05, 3.63) is 58.4 Å². The van der Waals surface area contributed by atoms with Crippen LogP contribution < -0.4 is 10.2 Å². The van der Waals surface area contributed by atoms with Gasteiger partial charge < -0.3 is 10.2 Å². The van der Waals surface area contributed by atoms with Gasteiger partial charge in [-0.1, -0.05) is 11.6 Å². The molecule has 2 aromatic rings. The number of halogens is 1. The van der Waals surface area contributed by atoms with Crippen molar-refractivity contribution in [2.45, 2.75) is 19.9 Å². The first kappa shape index (κ1) is 15.5. The summed E-state index contributed by atoms with van der Waals surface area (Å²) in [5.41, 5.74) is 3.24. The molecule has 0 saturated carbocycles. The summed E-state index contributed by atoms with van der Waals surface area (Å²) < 4.78 is 0. The number of hydrogen-bond donors (Lipinski definition) is 1. The minimum Gasteiger partial charge on any atom is -0.352 e. The Balaban J connectivity index is 1.85. The standard InChI is InChI=1S/C17H16ClN3O2/c1-11(22)20-9-12-6-15(10-19-8-12)21-5-4-13-7-14(18)2-3-16(13)17(21)23/h2-3,6-8,10H,4-5,9H2,1H3,(H,20,22). The Labute approximate surface area is 139 Å². The normalized spacial score (nSPS) is 13.7. The van der Waals surface area contributed by atoms with Gasteiger partial charge in [-0.15, -0.1) is 0 Å². The molecule has 1 aromatic heterocycles. The van der Waals surface area contributed by atoms with E-state index in [-0.39, 0.29) is 11.8 Å². The molecule has 1 aliphatic rings. The maximum atomic E-state index is 12.7. The van der Waals surface area contributed by atoms with E-state index < -0.39 is 0 Å². The highest BCUT2D eigenvalue weighted by molar-refractivity contribution is 6.30. The number of nitrogens with zero attached hydrogens (tertiary/aromatic N) is 2. The molecule has 0 unspecified atom stereocenters. The first-order chi connectivity index (χ1) is 11.0. The molecule has 0 bridgehead atoms. The van der Waals surface area contributed by atoms with Gasteiger partial charge in [-0.2, -0.15) is 0 Å². The third-order valence-electron chi connectivity index (χ3n) is 3.78. The molecular formula is C17H16ClN3O2. The number of amides is 2. The van der Waals surface area contributed by atoms with E-state index in [0.717, 1.165) is 23.2 Å². The lowest BCUT2D eigenvalue weighted by atomic mass is 9.98. The van der Waals surface area contributed by atoms with E-state index in [1.54, 1.807) is 29.4 Å². The van der Waals surface area contributed by atoms with Crippen LogP contribution in [-0.4, -0.2) is 23.3 Å². The molecule has 5 nitrogen and oxygen atoms in total. The minimum absolute atomic E-state index is 0.0543. The van der Waals surface area contributed by atoms with Gasteiger partial charge >= 0.3 is 0 Å². The molecule has 2 heterocycles. The molecule has 0 aliphatic carbocycles. The van der Waals surface area contributed by atoms with Crippen LogP contribution in [0, 0.1) is 0 Å². The van der Waals surface area contributed by atoms with Crippen LogP contribution in [0.2, 0.25) is 5.02 Å². The molecule has 1 aromatic carbocycles. The number of nitrogens with one attached hydrogen (secondary N) is 1. The summed E-state index contributed by atoms with van der Waals surface area (Å²) in [6, 6.07) is 7.22. The smallest absolute Gasteiger partial charge is 0.258 e. The van der Waals surface area contributed by atoms with Gasteiger partial charge in [0.25, 0.3) is 5.91 Å². The average molecular weight is 330 g/mol. The highest BCUT2D eigenvalue weighted by Gasteiger charge is 2.25. The second-order valence-electron chi connectivity index (χ2n) is 5.47. The van der Waals surface area contributed by atoms with E-state index in [4.69, 9.17) is 11.6 Å². The fourth-order valence-corrected chi connectivity index (χ4v) is 2.84. The largest absolute Gasteiger partial charge is 0.352 e. The van der Waals surface area contributed by atoms with Crippen molar-refractivity contribution in [3.63, 3.8) is 0 Å². The van der Waals surface area contributed by atoms with Crippen LogP contribution in [0.1, 0.15) is 28.4 Å². The summed E-state index contributed by atoms with van der Waals surface area (Å²) in [7, 11) is 0. The molecule has 6 heteroatoms. The van der Waals surface area contributed by atoms with Crippen LogP contribution in [-0.2, 0) is 17.8 Å². The Morgan fingerprint density at radius 3 is 2.96 bits per heavy atom. The number of fused-ring (bicyclic) bond motifs is 1. The summed E-state index contributed by atoms with van der Waals surface area (Å²) in [4.78, 5) is 29.6. The highest BCUT2D eigenvalue weighted by atomic mass is 35.5. The van der Waals surface area contributed by atoms with E-state index in [1.165, 1.54) is 6.92 Å². The van der Waals surface area contributed by atoms with Crippen molar-refractivity contribution < 1.29 is 9.59 Å². The monoisotopic (exact) mass is 329 g/mol. The van der Waals surface area contributed by atoms with Crippen molar-refractivity contribution >= 4 is 29.1 Å². The van der Waals surface area contributed by atoms with Gasteiger partial charge in [0.05, 0.1) is 11.9 Å². The van der Waals surface area contributed by atoms with Crippen LogP contribution in [0.25, 0.3) is 0 Å². The molecule has 0 radical (unpaired) electrons. The number of rotatable bonds is 3. The molecule has 1 N–H and O–H groups in total. The van der Waals surface area contributed by atoms with Gasteiger partial charge in [-0.05, 0) is 41.8 Å². The molecule has 3 rings (SSSR count). The van der Waals surface area contributed by atoms with E-state index >= 15 is 0 Å². The van der Waals surface area contributed by atoms with E-state index in [0.29, 0.717) is 23.7 Å². The molecule has 0 saturated heterocycles. The van der Waals surface area contributed by atoms with Crippen molar-refractivity contribution in [1.29, 1.82) is 0 Å². The zero-order valence-electron chi connectivity index (χ0n) is 12.7. The Morgan fingerprint density at radius 1 is 1.35 bits per heavy atom. The predicted molar refractivity (Wildman–Crippen MR) is 88.6 cm³/mol. The zero-order valence-corrected chi connectivity index (χ0v) is 13.4. The molecule has 1 aliphatic heterocycles. The maximum absolute atomic E-state index is 12.7. The van der Waals surface area contributed by atoms with Gasteiger partial charge in [0.15, 0.2) is 0 Å². The number of carbonyl (C=O) groups excluding carboxylic acids is 2. The van der Waals surface area contributed by atoms with Crippen LogP contribution in [0.3, 0.4) is 0 Å². The van der Waals surface area contributed by atoms with E-state index in [1.807, 2.05) is 12.1 Å². The molecule has 0 atom stereocenters. The predicted octanol–water partition coefficient (Wildman–Crippen LogP) is 2.57. The second kappa shape index (κ2) is 6.38. The molecule has 23 heavy (non-hydrogen) atoms. The Kier molecular flexibility index (Phi) is 4.30. The summed E-state index contributed by atoms with van der Waals surface area (Å²) in [5.74, 6) is -0.156. The summed E-state index contributed by atoms with van der Waals surface area (Å²) in [5, 5.41) is 3.37.